The number of fused-ring (bicyclic) bond motifs is 1. The summed E-state index contributed by atoms with van der Waals surface area (Å²) in [4.78, 5) is 7.88. The van der Waals surface area contributed by atoms with Crippen LogP contribution < -0.4 is 9.47 Å². The SMILES string of the molecule is CC.CC.CC.CCCOc1c(Cl)cc(C2CCCc3cc(OCc4ccnc(S(C)(=O)=O)n4)ccc32)cc1C#N. The van der Waals surface area contributed by atoms with Crippen LogP contribution in [0.3, 0.4) is 0 Å². The Morgan fingerprint density at radius 1 is 1.05 bits per heavy atom. The molecular formula is C32H44ClN3O4S. The molecule has 1 unspecified atom stereocenters. The number of hydrogen-bond acceptors (Lipinski definition) is 7. The number of aromatic nitrogens is 2. The summed E-state index contributed by atoms with van der Waals surface area (Å²) in [6.45, 7) is 14.6. The molecule has 3 aromatic rings. The second kappa shape index (κ2) is 18.3. The standard InChI is InChI=1S/C26H26ClN3O4S.3C2H6/c1-3-11-33-25-19(15-28)12-18(14-24(25)27)22-6-4-5-17-13-21(7-8-23(17)22)34-16-20-9-10-29-26(30-20)35(2,31)32;3*1-2/h7-10,12-14,22H,3-6,11,16H2,1-2H3;3*1-2H3. The van der Waals surface area contributed by atoms with E-state index in [0.29, 0.717) is 34.4 Å². The fourth-order valence-corrected chi connectivity index (χ4v) is 5.09. The maximum atomic E-state index is 11.7. The topological polar surface area (TPSA) is 102 Å². The van der Waals surface area contributed by atoms with E-state index in [-0.39, 0.29) is 17.7 Å². The predicted octanol–water partition coefficient (Wildman–Crippen LogP) is 8.32. The molecule has 0 fully saturated rings. The lowest BCUT2D eigenvalue weighted by Crippen LogP contribution is -2.12. The summed E-state index contributed by atoms with van der Waals surface area (Å²) in [5.74, 6) is 1.25. The zero-order valence-electron chi connectivity index (χ0n) is 25.6. The van der Waals surface area contributed by atoms with Crippen molar-refractivity contribution in [3.05, 3.63) is 75.6 Å². The third-order valence-corrected chi connectivity index (χ3v) is 7.02. The Labute approximate surface area is 251 Å². The zero-order chi connectivity index (χ0) is 31.0. The molecular weight excluding hydrogens is 558 g/mol. The highest BCUT2D eigenvalue weighted by molar-refractivity contribution is 7.90. The first-order valence-corrected chi connectivity index (χ1v) is 16.7. The van der Waals surface area contributed by atoms with Crippen molar-refractivity contribution in [3.63, 3.8) is 0 Å². The third kappa shape index (κ3) is 10.0. The molecule has 7 nitrogen and oxygen atoms in total. The van der Waals surface area contributed by atoms with Gasteiger partial charge >= 0.3 is 0 Å². The zero-order valence-corrected chi connectivity index (χ0v) is 27.2. The molecule has 0 bridgehead atoms. The van der Waals surface area contributed by atoms with E-state index in [2.05, 4.69) is 22.1 Å². The number of ether oxygens (including phenoxy) is 2. The van der Waals surface area contributed by atoms with Gasteiger partial charge in [0.05, 0.1) is 22.9 Å². The van der Waals surface area contributed by atoms with E-state index in [1.807, 2.05) is 72.7 Å². The van der Waals surface area contributed by atoms with Gasteiger partial charge in [0.1, 0.15) is 18.4 Å². The number of hydrogen-bond donors (Lipinski definition) is 0. The van der Waals surface area contributed by atoms with Crippen molar-refractivity contribution in [1.29, 1.82) is 5.26 Å². The highest BCUT2D eigenvalue weighted by atomic mass is 35.5. The van der Waals surface area contributed by atoms with Crippen LogP contribution in [0, 0.1) is 11.3 Å². The minimum absolute atomic E-state index is 0.122. The van der Waals surface area contributed by atoms with Gasteiger partial charge in [-0.15, -0.1) is 0 Å². The Balaban J connectivity index is 0.00000131. The van der Waals surface area contributed by atoms with Gasteiger partial charge in [0, 0.05) is 18.4 Å². The van der Waals surface area contributed by atoms with Crippen LogP contribution in [0.4, 0.5) is 0 Å². The van der Waals surface area contributed by atoms with E-state index in [4.69, 9.17) is 21.1 Å². The summed E-state index contributed by atoms with van der Waals surface area (Å²) in [5.41, 5.74) is 4.30. The molecule has 1 aliphatic carbocycles. The molecule has 2 aromatic carbocycles. The third-order valence-electron chi connectivity index (χ3n) is 5.88. The molecule has 41 heavy (non-hydrogen) atoms. The van der Waals surface area contributed by atoms with E-state index in [1.54, 1.807) is 6.07 Å². The molecule has 224 valence electrons. The highest BCUT2D eigenvalue weighted by Gasteiger charge is 2.24. The van der Waals surface area contributed by atoms with Crippen molar-refractivity contribution in [2.24, 2.45) is 0 Å². The molecule has 0 saturated carbocycles. The van der Waals surface area contributed by atoms with E-state index < -0.39 is 9.84 Å². The molecule has 1 aliphatic rings. The first-order valence-electron chi connectivity index (χ1n) is 14.4. The summed E-state index contributed by atoms with van der Waals surface area (Å²) in [7, 11) is -3.48. The highest BCUT2D eigenvalue weighted by Crippen LogP contribution is 2.41. The average molecular weight is 602 g/mol. The molecule has 1 atom stereocenters. The summed E-state index contributed by atoms with van der Waals surface area (Å²) in [5, 5.41) is 9.91. The van der Waals surface area contributed by atoms with Crippen LogP contribution in [-0.4, -0.2) is 31.2 Å². The van der Waals surface area contributed by atoms with Gasteiger partial charge in [0.15, 0.2) is 5.75 Å². The van der Waals surface area contributed by atoms with Gasteiger partial charge in [-0.3, -0.25) is 0 Å². The van der Waals surface area contributed by atoms with Crippen molar-refractivity contribution >= 4 is 21.4 Å². The normalized spacial score (nSPS) is 13.4. The minimum atomic E-state index is -3.48. The number of halogens is 1. The first-order chi connectivity index (χ1) is 19.8. The van der Waals surface area contributed by atoms with Crippen molar-refractivity contribution in [2.45, 2.75) is 91.8 Å². The second-order valence-corrected chi connectivity index (χ2v) is 10.9. The van der Waals surface area contributed by atoms with Gasteiger partial charge in [-0.25, -0.2) is 18.4 Å². The van der Waals surface area contributed by atoms with Crippen LogP contribution in [0.5, 0.6) is 11.5 Å². The minimum Gasteiger partial charge on any atom is -0.491 e. The van der Waals surface area contributed by atoms with Crippen LogP contribution in [-0.2, 0) is 22.9 Å². The van der Waals surface area contributed by atoms with Crippen molar-refractivity contribution in [3.8, 4) is 17.6 Å². The maximum absolute atomic E-state index is 11.7. The lowest BCUT2D eigenvalue weighted by atomic mass is 9.78. The van der Waals surface area contributed by atoms with Gasteiger partial charge in [0.25, 0.3) is 0 Å². The summed E-state index contributed by atoms with van der Waals surface area (Å²) < 4.78 is 35.0. The number of nitrogens with zero attached hydrogens (tertiary/aromatic N) is 3. The van der Waals surface area contributed by atoms with E-state index in [1.165, 1.54) is 17.3 Å². The van der Waals surface area contributed by atoms with Crippen molar-refractivity contribution < 1.29 is 17.9 Å². The molecule has 4 rings (SSSR count). The number of sulfone groups is 1. The van der Waals surface area contributed by atoms with Gasteiger partial charge in [-0.2, -0.15) is 5.26 Å². The lowest BCUT2D eigenvalue weighted by molar-refractivity contribution is 0.299. The van der Waals surface area contributed by atoms with Gasteiger partial charge in [-0.1, -0.05) is 66.1 Å². The second-order valence-electron chi connectivity index (χ2n) is 8.54. The average Bonchev–Trinajstić information content (AvgIpc) is 3.01. The maximum Gasteiger partial charge on any atom is 0.247 e. The van der Waals surface area contributed by atoms with E-state index in [9.17, 15) is 13.7 Å². The Morgan fingerprint density at radius 3 is 2.39 bits per heavy atom. The Kier molecular flexibility index (Phi) is 16.0. The van der Waals surface area contributed by atoms with Crippen LogP contribution in [0.2, 0.25) is 5.02 Å². The Hall–Kier alpha value is -3.15. The van der Waals surface area contributed by atoms with Crippen molar-refractivity contribution in [1.82, 2.24) is 9.97 Å². The number of nitriles is 1. The van der Waals surface area contributed by atoms with Crippen LogP contribution in [0.25, 0.3) is 0 Å². The van der Waals surface area contributed by atoms with Gasteiger partial charge in [-0.05, 0) is 72.7 Å². The largest absolute Gasteiger partial charge is 0.491 e. The fraction of sp³-hybridized carbons (Fsp3) is 0.469. The molecule has 0 aliphatic heterocycles. The molecule has 0 N–H and O–H groups in total. The first kappa shape index (κ1) is 35.9. The van der Waals surface area contributed by atoms with Gasteiger partial charge < -0.3 is 9.47 Å². The summed E-state index contributed by atoms with van der Waals surface area (Å²) in [6, 6.07) is 13.6. The molecule has 9 heteroatoms. The molecule has 0 spiro atoms. The smallest absolute Gasteiger partial charge is 0.247 e. The molecule has 1 heterocycles. The number of rotatable bonds is 8. The Bertz CT molecular complexity index is 1390. The summed E-state index contributed by atoms with van der Waals surface area (Å²) >= 11 is 6.52. The van der Waals surface area contributed by atoms with E-state index >= 15 is 0 Å². The van der Waals surface area contributed by atoms with E-state index in [0.717, 1.165) is 37.5 Å². The molecule has 0 amide bonds. The monoisotopic (exact) mass is 601 g/mol. The van der Waals surface area contributed by atoms with Crippen LogP contribution >= 0.6 is 11.6 Å². The molecule has 0 radical (unpaired) electrons. The predicted molar refractivity (Wildman–Crippen MR) is 167 cm³/mol. The fourth-order valence-electron chi connectivity index (χ4n) is 4.27. The van der Waals surface area contributed by atoms with Gasteiger partial charge in [0.2, 0.25) is 15.0 Å². The molecule has 1 aromatic heterocycles. The summed E-state index contributed by atoms with van der Waals surface area (Å²) in [6.07, 6.45) is 6.20. The number of benzene rings is 2. The van der Waals surface area contributed by atoms with Crippen LogP contribution in [0.1, 0.15) is 102 Å². The number of aryl methyl sites for hydroxylation is 1. The molecule has 0 saturated heterocycles. The van der Waals surface area contributed by atoms with Crippen molar-refractivity contribution in [2.75, 3.05) is 12.9 Å². The quantitative estimate of drug-likeness (QED) is 0.239. The van der Waals surface area contributed by atoms with Crippen LogP contribution in [0.15, 0.2) is 47.8 Å². The lowest BCUT2D eigenvalue weighted by Gasteiger charge is -2.27. The Morgan fingerprint density at radius 2 is 1.76 bits per heavy atom.